The topological polar surface area (TPSA) is 125 Å². The van der Waals surface area contributed by atoms with Crippen molar-refractivity contribution in [3.05, 3.63) is 52.3 Å². The SMILES string of the molecule is CC#CC(=O)N1CC2CC(n3nc(-c4cnn(Cc5cccc(C(F)(F)F)c5Cl)c4)c(C(N)=O)c3N)CC2C1. The van der Waals surface area contributed by atoms with E-state index in [1.54, 1.807) is 22.7 Å². The summed E-state index contributed by atoms with van der Waals surface area (Å²) in [6.45, 7) is 2.81. The molecule has 4 N–H and O–H groups in total. The molecule has 13 heteroatoms. The Morgan fingerprint density at radius 1 is 1.21 bits per heavy atom. The van der Waals surface area contributed by atoms with Crippen LogP contribution in [0.25, 0.3) is 11.3 Å². The van der Waals surface area contributed by atoms with Gasteiger partial charge in [0.1, 0.15) is 17.1 Å². The van der Waals surface area contributed by atoms with E-state index in [0.29, 0.717) is 18.7 Å². The standard InChI is InChI=1S/C26H25ClF3N7O2/c1-2-4-20(38)35-10-15-7-18(8-16(15)11-35)37-24(31)21(25(32)39)23(34-37)17-9-33-36(13-17)12-14-5-3-6-19(22(14)27)26(28,29)30/h3,5-6,9,13,15-16,18H,7-8,10-12,31H2,1H3,(H2,32,39). The molecule has 5 rings (SSSR count). The lowest BCUT2D eigenvalue weighted by atomic mass is 10.0. The number of rotatable bonds is 5. The first-order chi connectivity index (χ1) is 18.5. The van der Waals surface area contributed by atoms with Gasteiger partial charge in [-0.25, -0.2) is 4.68 Å². The lowest BCUT2D eigenvalue weighted by molar-refractivity contribution is -0.137. The van der Waals surface area contributed by atoms with Gasteiger partial charge in [-0.1, -0.05) is 29.7 Å². The van der Waals surface area contributed by atoms with Gasteiger partial charge in [-0.2, -0.15) is 23.4 Å². The van der Waals surface area contributed by atoms with Crippen LogP contribution < -0.4 is 11.5 Å². The number of anilines is 1. The molecule has 3 heterocycles. The van der Waals surface area contributed by atoms with E-state index < -0.39 is 22.7 Å². The van der Waals surface area contributed by atoms with Crippen LogP contribution in [0.4, 0.5) is 19.0 Å². The first-order valence-corrected chi connectivity index (χ1v) is 12.6. The van der Waals surface area contributed by atoms with Crippen molar-refractivity contribution < 1.29 is 22.8 Å². The smallest absolute Gasteiger partial charge is 0.383 e. The van der Waals surface area contributed by atoms with Crippen LogP contribution in [-0.4, -0.2) is 49.4 Å². The minimum atomic E-state index is -4.58. The third-order valence-electron chi connectivity index (χ3n) is 7.41. The molecule has 1 aliphatic carbocycles. The van der Waals surface area contributed by atoms with Gasteiger partial charge >= 0.3 is 6.18 Å². The molecule has 39 heavy (non-hydrogen) atoms. The van der Waals surface area contributed by atoms with Crippen LogP contribution in [0.2, 0.25) is 5.02 Å². The van der Waals surface area contributed by atoms with Crippen LogP contribution in [0.15, 0.2) is 30.6 Å². The number of halogens is 4. The number of carbonyl (C=O) groups excluding carboxylic acids is 2. The first-order valence-electron chi connectivity index (χ1n) is 12.2. The van der Waals surface area contributed by atoms with Crippen LogP contribution in [-0.2, 0) is 17.5 Å². The molecule has 2 aromatic heterocycles. The Hall–Kier alpha value is -3.98. The maximum Gasteiger partial charge on any atom is 0.417 e. The maximum absolute atomic E-state index is 13.2. The lowest BCUT2D eigenvalue weighted by Crippen LogP contribution is -2.29. The molecule has 2 amide bonds. The molecule has 9 nitrogen and oxygen atoms in total. The molecule has 2 unspecified atom stereocenters. The monoisotopic (exact) mass is 559 g/mol. The number of carbonyl (C=O) groups is 2. The molecule has 1 saturated carbocycles. The average molecular weight is 560 g/mol. The Bertz CT molecular complexity index is 1500. The van der Waals surface area contributed by atoms with E-state index >= 15 is 0 Å². The molecular formula is C26H25ClF3N7O2. The van der Waals surface area contributed by atoms with E-state index in [-0.39, 0.29) is 53.0 Å². The number of nitrogens with two attached hydrogens (primary N) is 2. The summed E-state index contributed by atoms with van der Waals surface area (Å²) in [6.07, 6.45) is -0.132. The number of nitrogen functional groups attached to an aromatic ring is 1. The summed E-state index contributed by atoms with van der Waals surface area (Å²) in [7, 11) is 0. The second-order valence-electron chi connectivity index (χ2n) is 9.85. The largest absolute Gasteiger partial charge is 0.417 e. The molecule has 204 valence electrons. The summed E-state index contributed by atoms with van der Waals surface area (Å²) in [5.74, 6) is 4.96. The molecule has 1 aliphatic heterocycles. The Morgan fingerprint density at radius 3 is 2.51 bits per heavy atom. The van der Waals surface area contributed by atoms with Gasteiger partial charge in [0.2, 0.25) is 0 Å². The molecule has 0 radical (unpaired) electrons. The molecular weight excluding hydrogens is 535 g/mol. The Kier molecular flexibility index (Phi) is 6.80. The molecule has 2 fully saturated rings. The van der Waals surface area contributed by atoms with Crippen LogP contribution in [0, 0.1) is 23.7 Å². The van der Waals surface area contributed by atoms with Crippen molar-refractivity contribution in [2.24, 2.45) is 17.6 Å². The number of aromatic nitrogens is 4. The van der Waals surface area contributed by atoms with Gasteiger partial charge in [0.15, 0.2) is 0 Å². The van der Waals surface area contributed by atoms with Crippen LogP contribution in [0.1, 0.15) is 47.3 Å². The van der Waals surface area contributed by atoms with Crippen molar-refractivity contribution in [1.82, 2.24) is 24.5 Å². The number of nitrogens with zero attached hydrogens (tertiary/aromatic N) is 5. The second kappa shape index (κ2) is 9.96. The molecule has 0 spiro atoms. The van der Waals surface area contributed by atoms with Gasteiger partial charge < -0.3 is 16.4 Å². The number of hydrogen-bond acceptors (Lipinski definition) is 5. The van der Waals surface area contributed by atoms with Gasteiger partial charge in [0.25, 0.3) is 11.8 Å². The Morgan fingerprint density at radius 2 is 1.90 bits per heavy atom. The minimum Gasteiger partial charge on any atom is -0.383 e. The minimum absolute atomic E-state index is 0.0333. The fourth-order valence-electron chi connectivity index (χ4n) is 5.66. The van der Waals surface area contributed by atoms with Gasteiger partial charge in [-0.05, 0) is 49.2 Å². The highest BCUT2D eigenvalue weighted by atomic mass is 35.5. The number of alkyl halides is 3. The number of primary amides is 1. The van der Waals surface area contributed by atoms with E-state index in [4.69, 9.17) is 23.1 Å². The summed E-state index contributed by atoms with van der Waals surface area (Å²) in [4.78, 5) is 26.3. The molecule has 1 saturated heterocycles. The number of hydrogen-bond donors (Lipinski definition) is 2. The predicted molar refractivity (Wildman–Crippen MR) is 137 cm³/mol. The maximum atomic E-state index is 13.2. The average Bonchev–Trinajstić information content (AvgIpc) is 3.61. The second-order valence-corrected chi connectivity index (χ2v) is 10.2. The molecule has 2 atom stereocenters. The first kappa shape index (κ1) is 26.6. The van der Waals surface area contributed by atoms with Crippen molar-refractivity contribution in [1.29, 1.82) is 0 Å². The summed E-state index contributed by atoms with van der Waals surface area (Å²) in [5, 5.41) is 8.47. The lowest BCUT2D eigenvalue weighted by Gasteiger charge is -2.18. The molecule has 1 aromatic carbocycles. The zero-order chi connectivity index (χ0) is 28.1. The van der Waals surface area contributed by atoms with Crippen molar-refractivity contribution in [3.63, 3.8) is 0 Å². The number of likely N-dealkylation sites (tertiary alicyclic amines) is 1. The number of amides is 2. The number of benzene rings is 1. The summed E-state index contributed by atoms with van der Waals surface area (Å²) >= 11 is 6.03. The van der Waals surface area contributed by atoms with Crippen LogP contribution in [0.5, 0.6) is 0 Å². The predicted octanol–water partition coefficient (Wildman–Crippen LogP) is 3.58. The molecule has 0 bridgehead atoms. The zero-order valence-electron chi connectivity index (χ0n) is 20.9. The zero-order valence-corrected chi connectivity index (χ0v) is 21.6. The van der Waals surface area contributed by atoms with Crippen molar-refractivity contribution in [2.75, 3.05) is 18.8 Å². The van der Waals surface area contributed by atoms with Gasteiger partial charge in [0, 0.05) is 24.8 Å². The van der Waals surface area contributed by atoms with Gasteiger partial charge in [-0.3, -0.25) is 14.3 Å². The third-order valence-corrected chi connectivity index (χ3v) is 7.85. The quantitative estimate of drug-likeness (QED) is 0.462. The molecule has 3 aromatic rings. The van der Waals surface area contributed by atoms with E-state index in [9.17, 15) is 22.8 Å². The van der Waals surface area contributed by atoms with Crippen molar-refractivity contribution in [2.45, 2.75) is 38.5 Å². The van der Waals surface area contributed by atoms with Crippen molar-refractivity contribution >= 4 is 29.2 Å². The normalized spacial score (nSPS) is 20.5. The fraction of sp³-hybridized carbons (Fsp3) is 0.385. The van der Waals surface area contributed by atoms with E-state index in [1.807, 2.05) is 0 Å². The van der Waals surface area contributed by atoms with Gasteiger partial charge in [0.05, 0.1) is 29.4 Å². The van der Waals surface area contributed by atoms with Crippen molar-refractivity contribution in [3.8, 4) is 23.1 Å². The summed E-state index contributed by atoms with van der Waals surface area (Å²) < 4.78 is 42.8. The third kappa shape index (κ3) is 4.94. The number of fused-ring (bicyclic) bond motifs is 1. The van der Waals surface area contributed by atoms with Crippen LogP contribution >= 0.6 is 11.6 Å². The fourth-order valence-corrected chi connectivity index (χ4v) is 5.95. The highest BCUT2D eigenvalue weighted by molar-refractivity contribution is 6.32. The van der Waals surface area contributed by atoms with Gasteiger partial charge in [-0.15, -0.1) is 0 Å². The Balaban J connectivity index is 1.38. The van der Waals surface area contributed by atoms with E-state index in [1.165, 1.54) is 23.0 Å². The van der Waals surface area contributed by atoms with E-state index in [2.05, 4.69) is 22.0 Å². The molecule has 2 aliphatic rings. The van der Waals surface area contributed by atoms with E-state index in [0.717, 1.165) is 18.9 Å². The highest BCUT2D eigenvalue weighted by Crippen LogP contribution is 2.45. The van der Waals surface area contributed by atoms with Crippen LogP contribution in [0.3, 0.4) is 0 Å². The Labute approximate surface area is 226 Å². The summed E-state index contributed by atoms with van der Waals surface area (Å²) in [5.41, 5.74) is 12.1. The highest BCUT2D eigenvalue weighted by Gasteiger charge is 2.44. The summed E-state index contributed by atoms with van der Waals surface area (Å²) in [6, 6.07) is 3.60.